The molecule has 0 bridgehead atoms. The largest absolute Gasteiger partial charge is 0.385 e. The zero-order valence-electron chi connectivity index (χ0n) is 11.9. The van der Waals surface area contributed by atoms with Crippen molar-refractivity contribution in [3.8, 4) is 0 Å². The maximum atomic E-state index is 10.7. The van der Waals surface area contributed by atoms with Crippen molar-refractivity contribution in [3.63, 3.8) is 0 Å². The monoisotopic (exact) mass is 286 g/mol. The lowest BCUT2D eigenvalue weighted by molar-refractivity contribution is -0.385. The highest BCUT2D eigenvalue weighted by Gasteiger charge is 2.10. The van der Waals surface area contributed by atoms with Crippen LogP contribution in [-0.2, 0) is 0 Å². The Morgan fingerprint density at radius 3 is 2.57 bits per heavy atom. The van der Waals surface area contributed by atoms with Crippen molar-refractivity contribution in [1.82, 2.24) is 4.98 Å². The third-order valence-electron chi connectivity index (χ3n) is 3.04. The number of hydrogen-bond donors (Lipinski definition) is 2. The highest BCUT2D eigenvalue weighted by Crippen LogP contribution is 2.18. The predicted octanol–water partition coefficient (Wildman–Crippen LogP) is 3.21. The zero-order valence-corrected chi connectivity index (χ0v) is 11.9. The smallest absolute Gasteiger partial charge is 0.290 e. The Labute approximate surface area is 123 Å². The van der Waals surface area contributed by atoms with Gasteiger partial charge in [0.2, 0.25) is 0 Å². The lowest BCUT2D eigenvalue weighted by Gasteiger charge is -2.08. The van der Waals surface area contributed by atoms with E-state index in [1.165, 1.54) is 6.20 Å². The number of para-hydroxylation sites is 1. The Hall–Kier alpha value is -2.63. The fourth-order valence-corrected chi connectivity index (χ4v) is 1.93. The molecule has 0 radical (unpaired) electrons. The van der Waals surface area contributed by atoms with Crippen molar-refractivity contribution in [2.45, 2.75) is 13.3 Å². The van der Waals surface area contributed by atoms with E-state index in [4.69, 9.17) is 0 Å². The van der Waals surface area contributed by atoms with Crippen molar-refractivity contribution in [3.05, 3.63) is 58.3 Å². The SMILES string of the molecule is Cc1cc(NCCCNc2ccccc2)ncc1[N+](=O)[O-]. The van der Waals surface area contributed by atoms with Crippen molar-refractivity contribution in [2.75, 3.05) is 23.7 Å². The summed E-state index contributed by atoms with van der Waals surface area (Å²) in [5.74, 6) is 0.665. The van der Waals surface area contributed by atoms with Crippen molar-refractivity contribution >= 4 is 17.2 Å². The number of nitrogens with one attached hydrogen (secondary N) is 2. The molecular formula is C15H18N4O2. The average Bonchev–Trinajstić information content (AvgIpc) is 2.47. The van der Waals surface area contributed by atoms with Crippen LogP contribution < -0.4 is 10.6 Å². The maximum absolute atomic E-state index is 10.7. The van der Waals surface area contributed by atoms with E-state index in [-0.39, 0.29) is 5.69 Å². The van der Waals surface area contributed by atoms with E-state index in [1.54, 1.807) is 13.0 Å². The first kappa shape index (κ1) is 14.8. The lowest BCUT2D eigenvalue weighted by Crippen LogP contribution is -2.10. The minimum absolute atomic E-state index is 0.0475. The van der Waals surface area contributed by atoms with Gasteiger partial charge in [-0.05, 0) is 31.5 Å². The second-order valence-electron chi connectivity index (χ2n) is 4.69. The van der Waals surface area contributed by atoms with Crippen molar-refractivity contribution in [1.29, 1.82) is 0 Å². The van der Waals surface area contributed by atoms with Crippen LogP contribution in [0, 0.1) is 17.0 Å². The first-order chi connectivity index (χ1) is 10.2. The van der Waals surface area contributed by atoms with Crippen LogP contribution in [-0.4, -0.2) is 23.0 Å². The molecule has 0 saturated carbocycles. The van der Waals surface area contributed by atoms with Crippen LogP contribution >= 0.6 is 0 Å². The second kappa shape index (κ2) is 7.23. The summed E-state index contributed by atoms with van der Waals surface area (Å²) in [6.45, 7) is 3.31. The first-order valence-electron chi connectivity index (χ1n) is 6.80. The van der Waals surface area contributed by atoms with Gasteiger partial charge < -0.3 is 10.6 Å². The molecule has 2 rings (SSSR count). The predicted molar refractivity (Wildman–Crippen MR) is 83.7 cm³/mol. The Morgan fingerprint density at radius 1 is 1.19 bits per heavy atom. The molecule has 6 nitrogen and oxygen atoms in total. The van der Waals surface area contributed by atoms with Gasteiger partial charge in [0.25, 0.3) is 5.69 Å². The molecule has 2 aromatic rings. The minimum Gasteiger partial charge on any atom is -0.385 e. The summed E-state index contributed by atoms with van der Waals surface area (Å²) in [4.78, 5) is 14.3. The number of nitrogens with zero attached hydrogens (tertiary/aromatic N) is 2. The van der Waals surface area contributed by atoms with Crippen LogP contribution in [0.1, 0.15) is 12.0 Å². The topological polar surface area (TPSA) is 80.1 Å². The van der Waals surface area contributed by atoms with Crippen LogP contribution in [0.5, 0.6) is 0 Å². The second-order valence-corrected chi connectivity index (χ2v) is 4.69. The molecule has 0 fully saturated rings. The fraction of sp³-hybridized carbons (Fsp3) is 0.267. The molecule has 0 spiro atoms. The van der Waals surface area contributed by atoms with Crippen LogP contribution in [0.25, 0.3) is 0 Å². The summed E-state index contributed by atoms with van der Waals surface area (Å²) in [7, 11) is 0. The Kier molecular flexibility index (Phi) is 5.09. The summed E-state index contributed by atoms with van der Waals surface area (Å²) < 4.78 is 0. The zero-order chi connectivity index (χ0) is 15.1. The van der Waals surface area contributed by atoms with E-state index in [1.807, 2.05) is 30.3 Å². The summed E-state index contributed by atoms with van der Waals surface area (Å²) in [5, 5.41) is 17.2. The number of aryl methyl sites for hydroxylation is 1. The molecular weight excluding hydrogens is 268 g/mol. The molecule has 1 heterocycles. The Morgan fingerprint density at radius 2 is 1.90 bits per heavy atom. The summed E-state index contributed by atoms with van der Waals surface area (Å²) in [6.07, 6.45) is 2.21. The van der Waals surface area contributed by atoms with Crippen LogP contribution in [0.3, 0.4) is 0 Å². The minimum atomic E-state index is -0.421. The fourth-order valence-electron chi connectivity index (χ4n) is 1.93. The van der Waals surface area contributed by atoms with Crippen LogP contribution in [0.4, 0.5) is 17.2 Å². The van der Waals surface area contributed by atoms with E-state index < -0.39 is 4.92 Å². The summed E-state index contributed by atoms with van der Waals surface area (Å²) in [5.41, 5.74) is 1.76. The Balaban J connectivity index is 1.74. The quantitative estimate of drug-likeness (QED) is 0.464. The lowest BCUT2D eigenvalue weighted by atomic mass is 10.2. The third kappa shape index (κ3) is 4.45. The van der Waals surface area contributed by atoms with Gasteiger partial charge in [0, 0.05) is 24.3 Å². The first-order valence-corrected chi connectivity index (χ1v) is 6.80. The molecule has 0 amide bonds. The normalized spacial score (nSPS) is 10.1. The number of benzene rings is 1. The molecule has 1 aromatic carbocycles. The molecule has 0 unspecified atom stereocenters. The molecule has 0 aliphatic carbocycles. The summed E-state index contributed by atoms with van der Waals surface area (Å²) >= 11 is 0. The van der Waals surface area contributed by atoms with Gasteiger partial charge in [0.15, 0.2) is 0 Å². The molecule has 2 N–H and O–H groups in total. The number of rotatable bonds is 7. The molecule has 0 aliphatic rings. The molecule has 0 saturated heterocycles. The molecule has 1 aromatic heterocycles. The van der Waals surface area contributed by atoms with Gasteiger partial charge >= 0.3 is 0 Å². The van der Waals surface area contributed by atoms with Crippen LogP contribution in [0.2, 0.25) is 0 Å². The van der Waals surface area contributed by atoms with E-state index in [0.29, 0.717) is 11.4 Å². The van der Waals surface area contributed by atoms with Crippen molar-refractivity contribution in [2.24, 2.45) is 0 Å². The summed E-state index contributed by atoms with van der Waals surface area (Å²) in [6, 6.07) is 11.7. The van der Waals surface area contributed by atoms with Gasteiger partial charge in [0.1, 0.15) is 12.0 Å². The van der Waals surface area contributed by atoms with Gasteiger partial charge in [0.05, 0.1) is 4.92 Å². The van der Waals surface area contributed by atoms with E-state index in [0.717, 1.165) is 25.2 Å². The molecule has 21 heavy (non-hydrogen) atoms. The number of pyridine rings is 1. The van der Waals surface area contributed by atoms with E-state index >= 15 is 0 Å². The molecule has 0 aliphatic heterocycles. The highest BCUT2D eigenvalue weighted by molar-refractivity contribution is 5.47. The Bertz CT molecular complexity index is 602. The van der Waals surface area contributed by atoms with Crippen LogP contribution in [0.15, 0.2) is 42.6 Å². The highest BCUT2D eigenvalue weighted by atomic mass is 16.6. The number of nitro groups is 1. The third-order valence-corrected chi connectivity index (χ3v) is 3.04. The molecule has 0 atom stereocenters. The van der Waals surface area contributed by atoms with Gasteiger partial charge in [-0.25, -0.2) is 4.98 Å². The van der Waals surface area contributed by atoms with Gasteiger partial charge in [-0.1, -0.05) is 18.2 Å². The van der Waals surface area contributed by atoms with Gasteiger partial charge in [-0.2, -0.15) is 0 Å². The maximum Gasteiger partial charge on any atom is 0.290 e. The molecule has 110 valence electrons. The standard InChI is InChI=1S/C15H18N4O2/c1-12-10-15(18-11-14(12)19(20)21)17-9-5-8-16-13-6-3-2-4-7-13/h2-4,6-7,10-11,16H,5,8-9H2,1H3,(H,17,18). The number of aromatic nitrogens is 1. The van der Waals surface area contributed by atoms with E-state index in [9.17, 15) is 10.1 Å². The van der Waals surface area contributed by atoms with E-state index in [2.05, 4.69) is 15.6 Å². The van der Waals surface area contributed by atoms with Gasteiger partial charge in [-0.15, -0.1) is 0 Å². The number of anilines is 2. The number of hydrogen-bond acceptors (Lipinski definition) is 5. The molecule has 6 heteroatoms. The van der Waals surface area contributed by atoms with Gasteiger partial charge in [-0.3, -0.25) is 10.1 Å². The average molecular weight is 286 g/mol. The van der Waals surface area contributed by atoms with Crippen molar-refractivity contribution < 1.29 is 4.92 Å².